The summed E-state index contributed by atoms with van der Waals surface area (Å²) in [6.07, 6.45) is -0.994. The molecule has 0 bridgehead atoms. The molecule has 0 heterocycles. The molecule has 142 valence electrons. The van der Waals surface area contributed by atoms with Gasteiger partial charge in [-0.15, -0.1) is 0 Å². The number of carbonyl (C=O) groups excluding carboxylic acids is 4. The van der Waals surface area contributed by atoms with Gasteiger partial charge in [-0.1, -0.05) is 13.8 Å². The third-order valence-corrected chi connectivity index (χ3v) is 3.35. The van der Waals surface area contributed by atoms with Crippen molar-refractivity contribution < 1.29 is 29.1 Å². The van der Waals surface area contributed by atoms with Crippen molar-refractivity contribution in [3.05, 3.63) is 0 Å². The van der Waals surface area contributed by atoms with E-state index < -0.39 is 54.1 Å². The van der Waals surface area contributed by atoms with Crippen LogP contribution in [0.3, 0.4) is 0 Å². The Kier molecular flexibility index (Phi) is 9.13. The van der Waals surface area contributed by atoms with Crippen LogP contribution in [-0.2, 0) is 24.0 Å². The van der Waals surface area contributed by atoms with E-state index in [0.29, 0.717) is 0 Å². The first-order chi connectivity index (χ1) is 11.5. The number of nitrogens with one attached hydrogen (secondary N) is 2. The third kappa shape index (κ3) is 8.65. The van der Waals surface area contributed by atoms with Crippen LogP contribution in [0.1, 0.15) is 33.1 Å². The van der Waals surface area contributed by atoms with Gasteiger partial charge in [-0.3, -0.25) is 19.2 Å². The molecule has 0 radical (unpaired) electrons. The second-order valence-electron chi connectivity index (χ2n) is 5.91. The molecule has 0 unspecified atom stereocenters. The van der Waals surface area contributed by atoms with Crippen molar-refractivity contribution in [1.29, 1.82) is 0 Å². The highest BCUT2D eigenvalue weighted by molar-refractivity contribution is 5.93. The SMILES string of the molecule is CC(C)[C@H](N)C(=O)N[C@@H](CCC(N)=O)C(=O)N[C@@H](CC(N)=O)C(=O)O. The summed E-state index contributed by atoms with van der Waals surface area (Å²) in [5.41, 5.74) is 15.7. The molecule has 0 aliphatic rings. The van der Waals surface area contributed by atoms with Gasteiger partial charge in [0.05, 0.1) is 12.5 Å². The van der Waals surface area contributed by atoms with E-state index in [1.165, 1.54) is 0 Å². The van der Waals surface area contributed by atoms with Gasteiger partial charge in [-0.2, -0.15) is 0 Å². The van der Waals surface area contributed by atoms with Gasteiger partial charge in [0, 0.05) is 6.42 Å². The topological polar surface area (TPSA) is 208 Å². The fourth-order valence-corrected chi connectivity index (χ4v) is 1.80. The minimum absolute atomic E-state index is 0.152. The molecule has 9 N–H and O–H groups in total. The Hall–Kier alpha value is -2.69. The molecular formula is C14H25N5O6. The van der Waals surface area contributed by atoms with Crippen molar-refractivity contribution in [2.45, 2.75) is 51.2 Å². The molecule has 11 nitrogen and oxygen atoms in total. The van der Waals surface area contributed by atoms with E-state index in [1.54, 1.807) is 13.8 Å². The normalized spacial score (nSPS) is 14.2. The minimum atomic E-state index is -1.56. The maximum absolute atomic E-state index is 12.2. The van der Waals surface area contributed by atoms with Gasteiger partial charge in [-0.25, -0.2) is 4.79 Å². The van der Waals surface area contributed by atoms with Crippen LogP contribution in [0, 0.1) is 5.92 Å². The first-order valence-corrected chi connectivity index (χ1v) is 7.61. The molecule has 0 rings (SSSR count). The third-order valence-electron chi connectivity index (χ3n) is 3.35. The summed E-state index contributed by atoms with van der Waals surface area (Å²) < 4.78 is 0. The zero-order chi connectivity index (χ0) is 19.7. The lowest BCUT2D eigenvalue weighted by atomic mass is 10.0. The molecule has 0 spiro atoms. The van der Waals surface area contributed by atoms with Crippen LogP contribution in [0.4, 0.5) is 0 Å². The number of amides is 4. The molecule has 4 amide bonds. The first kappa shape index (κ1) is 22.3. The fraction of sp³-hybridized carbons (Fsp3) is 0.643. The zero-order valence-corrected chi connectivity index (χ0v) is 14.2. The van der Waals surface area contributed by atoms with Gasteiger partial charge in [0.15, 0.2) is 0 Å². The maximum atomic E-state index is 12.2. The van der Waals surface area contributed by atoms with Crippen LogP contribution in [0.5, 0.6) is 0 Å². The number of carboxylic acids is 1. The maximum Gasteiger partial charge on any atom is 0.326 e. The molecular weight excluding hydrogens is 334 g/mol. The quantitative estimate of drug-likeness (QED) is 0.227. The summed E-state index contributed by atoms with van der Waals surface area (Å²) in [5.74, 6) is -4.83. The first-order valence-electron chi connectivity index (χ1n) is 7.61. The molecule has 0 aromatic rings. The molecule has 11 heteroatoms. The minimum Gasteiger partial charge on any atom is -0.480 e. The fourth-order valence-electron chi connectivity index (χ4n) is 1.80. The van der Waals surface area contributed by atoms with Crippen LogP contribution < -0.4 is 27.8 Å². The van der Waals surface area contributed by atoms with E-state index in [2.05, 4.69) is 10.6 Å². The average molecular weight is 359 g/mol. The van der Waals surface area contributed by atoms with Crippen molar-refractivity contribution in [2.75, 3.05) is 0 Å². The van der Waals surface area contributed by atoms with E-state index >= 15 is 0 Å². The molecule has 0 saturated carbocycles. The Morgan fingerprint density at radius 2 is 1.44 bits per heavy atom. The number of rotatable bonds is 11. The largest absolute Gasteiger partial charge is 0.480 e. The van der Waals surface area contributed by atoms with Crippen molar-refractivity contribution in [3.63, 3.8) is 0 Å². The predicted molar refractivity (Wildman–Crippen MR) is 86.6 cm³/mol. The van der Waals surface area contributed by atoms with Gasteiger partial charge in [0.25, 0.3) is 0 Å². The number of aliphatic carboxylic acids is 1. The van der Waals surface area contributed by atoms with Gasteiger partial charge >= 0.3 is 5.97 Å². The van der Waals surface area contributed by atoms with E-state index in [4.69, 9.17) is 22.3 Å². The second kappa shape index (κ2) is 10.2. The predicted octanol–water partition coefficient (Wildman–Crippen LogP) is -2.84. The average Bonchev–Trinajstić information content (AvgIpc) is 2.48. The Balaban J connectivity index is 5.13. The molecule has 3 atom stereocenters. The molecule has 0 saturated heterocycles. The monoisotopic (exact) mass is 359 g/mol. The summed E-state index contributed by atoms with van der Waals surface area (Å²) in [7, 11) is 0. The Bertz CT molecular complexity index is 536. The smallest absolute Gasteiger partial charge is 0.326 e. The van der Waals surface area contributed by atoms with Gasteiger partial charge in [-0.05, 0) is 12.3 Å². The summed E-state index contributed by atoms with van der Waals surface area (Å²) in [6, 6.07) is -3.69. The van der Waals surface area contributed by atoms with E-state index in [0.717, 1.165) is 0 Å². The summed E-state index contributed by atoms with van der Waals surface area (Å²) in [4.78, 5) is 57.2. The molecule has 25 heavy (non-hydrogen) atoms. The molecule has 0 aliphatic heterocycles. The number of nitrogens with two attached hydrogens (primary N) is 3. The van der Waals surface area contributed by atoms with Gasteiger partial charge in [0.1, 0.15) is 12.1 Å². The molecule has 0 aromatic carbocycles. The Labute approximate surface area is 144 Å². The highest BCUT2D eigenvalue weighted by Crippen LogP contribution is 2.04. The van der Waals surface area contributed by atoms with Crippen LogP contribution in [0.25, 0.3) is 0 Å². The zero-order valence-electron chi connectivity index (χ0n) is 14.2. The number of hydrogen-bond donors (Lipinski definition) is 6. The number of primary amides is 2. The number of carboxylic acid groups (broad SMARTS) is 1. The summed E-state index contributed by atoms with van der Waals surface area (Å²) in [5, 5.41) is 13.5. The number of hydrogen-bond acceptors (Lipinski definition) is 6. The van der Waals surface area contributed by atoms with Crippen molar-refractivity contribution in [1.82, 2.24) is 10.6 Å². The van der Waals surface area contributed by atoms with E-state index in [9.17, 15) is 24.0 Å². The van der Waals surface area contributed by atoms with E-state index in [1.807, 2.05) is 0 Å². The van der Waals surface area contributed by atoms with E-state index in [-0.39, 0.29) is 18.8 Å². The summed E-state index contributed by atoms with van der Waals surface area (Å²) in [6.45, 7) is 3.41. The lowest BCUT2D eigenvalue weighted by molar-refractivity contribution is -0.143. The lowest BCUT2D eigenvalue weighted by Crippen LogP contribution is -2.55. The lowest BCUT2D eigenvalue weighted by Gasteiger charge is -2.23. The van der Waals surface area contributed by atoms with Gasteiger partial charge in [0.2, 0.25) is 23.6 Å². The standard InChI is InChI=1S/C14H25N5O6/c1-6(2)11(17)13(23)18-7(3-4-9(15)20)12(22)19-8(14(24)25)5-10(16)21/h6-8,11H,3-5,17H2,1-2H3,(H2,15,20)(H2,16,21)(H,18,23)(H,19,22)(H,24,25)/t7-,8-,11-/m0/s1. The van der Waals surface area contributed by atoms with Crippen molar-refractivity contribution in [3.8, 4) is 0 Å². The summed E-state index contributed by atoms with van der Waals surface area (Å²) >= 11 is 0. The molecule has 0 fully saturated rings. The Morgan fingerprint density at radius 1 is 0.920 bits per heavy atom. The molecule has 0 aliphatic carbocycles. The van der Waals surface area contributed by atoms with Crippen LogP contribution in [0.2, 0.25) is 0 Å². The van der Waals surface area contributed by atoms with Crippen LogP contribution in [-0.4, -0.2) is 52.8 Å². The molecule has 0 aromatic heterocycles. The number of carbonyl (C=O) groups is 5. The van der Waals surface area contributed by atoms with Crippen LogP contribution in [0.15, 0.2) is 0 Å². The second-order valence-corrected chi connectivity index (χ2v) is 5.91. The van der Waals surface area contributed by atoms with Gasteiger partial charge < -0.3 is 32.9 Å². The highest BCUT2D eigenvalue weighted by Gasteiger charge is 2.29. The highest BCUT2D eigenvalue weighted by atomic mass is 16.4. The Morgan fingerprint density at radius 3 is 1.84 bits per heavy atom. The van der Waals surface area contributed by atoms with Crippen molar-refractivity contribution in [2.24, 2.45) is 23.1 Å². The van der Waals surface area contributed by atoms with Crippen LogP contribution >= 0.6 is 0 Å². The van der Waals surface area contributed by atoms with Crippen molar-refractivity contribution >= 4 is 29.6 Å².